The second kappa shape index (κ2) is 5.60. The van der Waals surface area contributed by atoms with E-state index in [2.05, 4.69) is 15.0 Å². The fraction of sp³-hybridized carbons (Fsp3) is 0.500. The Balaban J connectivity index is 2.48. The van der Waals surface area contributed by atoms with Gasteiger partial charge in [-0.3, -0.25) is 9.59 Å². The van der Waals surface area contributed by atoms with Gasteiger partial charge in [0.25, 0.3) is 0 Å². The fourth-order valence-electron chi connectivity index (χ4n) is 1.03. The lowest BCUT2D eigenvalue weighted by Crippen LogP contribution is -2.18. The summed E-state index contributed by atoms with van der Waals surface area (Å²) in [4.78, 5) is 27.6. The van der Waals surface area contributed by atoms with Gasteiger partial charge >= 0.3 is 5.97 Å². The Labute approximate surface area is 97.8 Å². The molecule has 1 heterocycles. The van der Waals surface area contributed by atoms with Gasteiger partial charge in [0.1, 0.15) is 6.42 Å². The molecule has 88 valence electrons. The SMILES string of the molecule is CCOC(=O)CC(=O)Nc1nc(C)c(C)s1. The third kappa shape index (κ3) is 3.62. The quantitative estimate of drug-likeness (QED) is 0.644. The smallest absolute Gasteiger partial charge is 0.315 e. The van der Waals surface area contributed by atoms with Crippen molar-refractivity contribution in [2.24, 2.45) is 0 Å². The molecule has 16 heavy (non-hydrogen) atoms. The van der Waals surface area contributed by atoms with Gasteiger partial charge in [0, 0.05) is 4.88 Å². The first-order chi connectivity index (χ1) is 7.52. The molecule has 0 saturated carbocycles. The van der Waals surface area contributed by atoms with Crippen LogP contribution in [0.2, 0.25) is 0 Å². The van der Waals surface area contributed by atoms with Gasteiger partial charge in [0.2, 0.25) is 5.91 Å². The maximum absolute atomic E-state index is 11.4. The first-order valence-corrected chi connectivity index (χ1v) is 5.74. The Morgan fingerprint density at radius 2 is 2.12 bits per heavy atom. The Morgan fingerprint density at radius 3 is 2.62 bits per heavy atom. The monoisotopic (exact) mass is 242 g/mol. The number of nitrogens with zero attached hydrogens (tertiary/aromatic N) is 1. The summed E-state index contributed by atoms with van der Waals surface area (Å²) in [7, 11) is 0. The molecule has 0 aliphatic rings. The zero-order chi connectivity index (χ0) is 12.1. The van der Waals surface area contributed by atoms with E-state index in [1.807, 2.05) is 13.8 Å². The Morgan fingerprint density at radius 1 is 1.44 bits per heavy atom. The number of carbonyl (C=O) groups excluding carboxylic acids is 2. The number of hydrogen-bond donors (Lipinski definition) is 1. The minimum atomic E-state index is -0.523. The van der Waals surface area contributed by atoms with Crippen LogP contribution in [0.15, 0.2) is 0 Å². The van der Waals surface area contributed by atoms with Crippen LogP contribution in [-0.4, -0.2) is 23.5 Å². The van der Waals surface area contributed by atoms with Crippen LogP contribution in [0, 0.1) is 13.8 Å². The average molecular weight is 242 g/mol. The molecule has 0 aliphatic heterocycles. The summed E-state index contributed by atoms with van der Waals surface area (Å²) in [6.07, 6.45) is -0.272. The van der Waals surface area contributed by atoms with E-state index in [1.54, 1.807) is 6.92 Å². The van der Waals surface area contributed by atoms with Gasteiger partial charge < -0.3 is 10.1 Å². The van der Waals surface area contributed by atoms with Crippen molar-refractivity contribution < 1.29 is 14.3 Å². The van der Waals surface area contributed by atoms with Crippen LogP contribution >= 0.6 is 11.3 Å². The zero-order valence-corrected chi connectivity index (χ0v) is 10.3. The topological polar surface area (TPSA) is 68.3 Å². The van der Waals surface area contributed by atoms with Crippen molar-refractivity contribution in [3.8, 4) is 0 Å². The lowest BCUT2D eigenvalue weighted by atomic mass is 10.4. The van der Waals surface area contributed by atoms with Crippen molar-refractivity contribution in [3.05, 3.63) is 10.6 Å². The number of aromatic nitrogens is 1. The molecule has 0 fully saturated rings. The lowest BCUT2D eigenvalue weighted by Gasteiger charge is -2.01. The van der Waals surface area contributed by atoms with Crippen LogP contribution in [0.3, 0.4) is 0 Å². The molecule has 0 aliphatic carbocycles. The van der Waals surface area contributed by atoms with Crippen molar-refractivity contribution >= 4 is 28.3 Å². The predicted octanol–water partition coefficient (Wildman–Crippen LogP) is 1.65. The maximum atomic E-state index is 11.4. The van der Waals surface area contributed by atoms with Crippen LogP contribution in [0.4, 0.5) is 5.13 Å². The van der Waals surface area contributed by atoms with Crippen LogP contribution in [0.25, 0.3) is 0 Å². The van der Waals surface area contributed by atoms with Gasteiger partial charge in [-0.15, -0.1) is 11.3 Å². The van der Waals surface area contributed by atoms with Gasteiger partial charge in [-0.2, -0.15) is 0 Å². The van der Waals surface area contributed by atoms with E-state index in [0.29, 0.717) is 5.13 Å². The van der Waals surface area contributed by atoms with Gasteiger partial charge in [0.05, 0.1) is 12.3 Å². The van der Waals surface area contributed by atoms with Crippen molar-refractivity contribution in [1.82, 2.24) is 4.98 Å². The number of nitrogens with one attached hydrogen (secondary N) is 1. The summed E-state index contributed by atoms with van der Waals surface area (Å²) in [6.45, 7) is 5.77. The molecule has 0 radical (unpaired) electrons. The third-order valence-corrected chi connectivity index (χ3v) is 2.87. The van der Waals surface area contributed by atoms with Crippen LogP contribution < -0.4 is 5.32 Å². The first kappa shape index (κ1) is 12.6. The predicted molar refractivity (Wildman–Crippen MR) is 61.5 cm³/mol. The minimum absolute atomic E-state index is 0.272. The second-order valence-electron chi connectivity index (χ2n) is 3.19. The van der Waals surface area contributed by atoms with E-state index in [1.165, 1.54) is 11.3 Å². The average Bonchev–Trinajstić information content (AvgIpc) is 2.45. The van der Waals surface area contributed by atoms with Gasteiger partial charge in [0.15, 0.2) is 5.13 Å². The first-order valence-electron chi connectivity index (χ1n) is 4.92. The summed E-state index contributed by atoms with van der Waals surface area (Å²) in [6, 6.07) is 0. The molecule has 1 rings (SSSR count). The number of hydrogen-bond acceptors (Lipinski definition) is 5. The van der Waals surface area contributed by atoms with Crippen LogP contribution in [0.1, 0.15) is 23.9 Å². The lowest BCUT2D eigenvalue weighted by molar-refractivity contribution is -0.145. The summed E-state index contributed by atoms with van der Waals surface area (Å²) < 4.78 is 4.66. The van der Waals surface area contributed by atoms with Gasteiger partial charge in [-0.25, -0.2) is 4.98 Å². The molecule has 0 saturated heterocycles. The molecule has 0 spiro atoms. The Kier molecular flexibility index (Phi) is 4.42. The molecule has 0 atom stereocenters. The minimum Gasteiger partial charge on any atom is -0.466 e. The zero-order valence-electron chi connectivity index (χ0n) is 9.49. The van der Waals surface area contributed by atoms with E-state index in [0.717, 1.165) is 10.6 Å². The fourth-order valence-corrected chi connectivity index (χ4v) is 1.86. The molecule has 0 bridgehead atoms. The highest BCUT2D eigenvalue weighted by Crippen LogP contribution is 2.20. The number of thiazole rings is 1. The largest absolute Gasteiger partial charge is 0.466 e. The molecule has 1 aromatic rings. The molecule has 0 aromatic carbocycles. The molecular formula is C10H14N2O3S. The standard InChI is InChI=1S/C10H14N2O3S/c1-4-15-9(14)5-8(13)12-10-11-6(2)7(3)16-10/h4-5H2,1-3H3,(H,11,12,13). The van der Waals surface area contributed by atoms with Crippen molar-refractivity contribution in [2.75, 3.05) is 11.9 Å². The number of esters is 1. The third-order valence-electron chi connectivity index (χ3n) is 1.89. The summed E-state index contributed by atoms with van der Waals surface area (Å²) in [5, 5.41) is 3.08. The van der Waals surface area contributed by atoms with E-state index in [-0.39, 0.29) is 13.0 Å². The Hall–Kier alpha value is -1.43. The van der Waals surface area contributed by atoms with Crippen molar-refractivity contribution in [2.45, 2.75) is 27.2 Å². The molecule has 1 N–H and O–H groups in total. The Bertz CT molecular complexity index is 381. The van der Waals surface area contributed by atoms with Crippen LogP contribution in [0.5, 0.6) is 0 Å². The molecular weight excluding hydrogens is 228 g/mol. The molecule has 1 aromatic heterocycles. The van der Waals surface area contributed by atoms with E-state index in [9.17, 15) is 9.59 Å². The molecule has 6 heteroatoms. The normalized spacial score (nSPS) is 9.94. The number of carbonyl (C=O) groups is 2. The highest BCUT2D eigenvalue weighted by atomic mass is 32.1. The molecule has 1 amide bonds. The van der Waals surface area contributed by atoms with Gasteiger partial charge in [-0.05, 0) is 20.8 Å². The summed E-state index contributed by atoms with van der Waals surface area (Å²) >= 11 is 1.39. The van der Waals surface area contributed by atoms with Crippen molar-refractivity contribution in [1.29, 1.82) is 0 Å². The molecule has 0 unspecified atom stereocenters. The molecule has 5 nitrogen and oxygen atoms in total. The highest BCUT2D eigenvalue weighted by molar-refractivity contribution is 7.15. The summed E-state index contributed by atoms with van der Waals surface area (Å²) in [5.74, 6) is -0.919. The second-order valence-corrected chi connectivity index (χ2v) is 4.39. The van der Waals surface area contributed by atoms with E-state index in [4.69, 9.17) is 0 Å². The van der Waals surface area contributed by atoms with E-state index < -0.39 is 11.9 Å². The van der Waals surface area contributed by atoms with Crippen molar-refractivity contribution in [3.63, 3.8) is 0 Å². The number of amides is 1. The van der Waals surface area contributed by atoms with Crippen LogP contribution in [-0.2, 0) is 14.3 Å². The van der Waals surface area contributed by atoms with E-state index >= 15 is 0 Å². The number of ether oxygens (including phenoxy) is 1. The summed E-state index contributed by atoms with van der Waals surface area (Å²) in [5.41, 5.74) is 0.886. The maximum Gasteiger partial charge on any atom is 0.315 e. The van der Waals surface area contributed by atoms with Gasteiger partial charge in [-0.1, -0.05) is 0 Å². The number of rotatable bonds is 4. The number of aryl methyl sites for hydroxylation is 2. The highest BCUT2D eigenvalue weighted by Gasteiger charge is 2.12. The number of anilines is 1.